The van der Waals surface area contributed by atoms with Gasteiger partial charge in [-0.15, -0.1) is 0 Å². The fraction of sp³-hybridized carbons (Fsp3) is 0.333. The van der Waals surface area contributed by atoms with Crippen molar-refractivity contribution in [3.05, 3.63) is 125 Å². The molecule has 4 aromatic rings. The summed E-state index contributed by atoms with van der Waals surface area (Å²) in [5.74, 6) is -0.147. The number of nitrogens with zero attached hydrogens (tertiary/aromatic N) is 2. The lowest BCUT2D eigenvalue weighted by atomic mass is 9.98. The highest BCUT2D eigenvalue weighted by Crippen LogP contribution is 2.39. The van der Waals surface area contributed by atoms with Gasteiger partial charge < -0.3 is 24.8 Å². The zero-order valence-corrected chi connectivity index (χ0v) is 24.4. The first kappa shape index (κ1) is 29.2. The van der Waals surface area contributed by atoms with Crippen molar-refractivity contribution in [3.8, 4) is 11.1 Å². The van der Waals surface area contributed by atoms with Gasteiger partial charge in [0.05, 0.1) is 24.4 Å². The molecule has 2 N–H and O–H groups in total. The number of rotatable bonds is 9. The normalized spacial score (nSPS) is 20.9. The van der Waals surface area contributed by atoms with Gasteiger partial charge >= 0.3 is 0 Å². The molecule has 222 valence electrons. The van der Waals surface area contributed by atoms with Gasteiger partial charge in [0.2, 0.25) is 0 Å². The van der Waals surface area contributed by atoms with Crippen molar-refractivity contribution in [2.45, 2.75) is 57.3 Å². The molecule has 6 rings (SSSR count). The van der Waals surface area contributed by atoms with Crippen LogP contribution in [0.25, 0.3) is 11.1 Å². The van der Waals surface area contributed by atoms with E-state index in [1.54, 1.807) is 24.5 Å². The Kier molecular flexibility index (Phi) is 9.55. The molecule has 0 saturated carbocycles. The molecule has 0 bridgehead atoms. The fourth-order valence-electron chi connectivity index (χ4n) is 5.97. The summed E-state index contributed by atoms with van der Waals surface area (Å²) in [5, 5.41) is 12.5. The van der Waals surface area contributed by atoms with Gasteiger partial charge in [0.25, 0.3) is 5.91 Å². The second-order valence-corrected chi connectivity index (χ2v) is 11.5. The molecule has 3 aromatic carbocycles. The SMILES string of the molecule is O=C(NCc1cccc(-c2cccc([C@@H]3O[C@H](CN4CCCCC4)C[C@H](c4ccc(CO)cc4)O3)c2)c1)c1cccnc1. The van der Waals surface area contributed by atoms with Crippen LogP contribution in [-0.4, -0.2) is 46.6 Å². The minimum atomic E-state index is -0.493. The zero-order valence-electron chi connectivity index (χ0n) is 24.4. The van der Waals surface area contributed by atoms with Crippen LogP contribution in [-0.2, 0) is 22.6 Å². The Morgan fingerprint density at radius 1 is 0.860 bits per heavy atom. The van der Waals surface area contributed by atoms with Crippen molar-refractivity contribution < 1.29 is 19.4 Å². The van der Waals surface area contributed by atoms with Crippen molar-refractivity contribution in [2.75, 3.05) is 19.6 Å². The monoisotopic (exact) mass is 577 g/mol. The standard InChI is InChI=1S/C36H39N3O4/c40-25-26-12-14-28(15-13-26)34-21-33(24-39-17-2-1-3-18-39)42-36(43-34)31-10-5-9-30(20-31)29-8-4-7-27(19-29)22-38-35(41)32-11-6-16-37-23-32/h4-16,19-20,23,33-34,36,40H,1-3,17-18,21-22,24-25H2,(H,38,41)/t33-,34+,36+/m0/s1. The Morgan fingerprint density at radius 3 is 2.42 bits per heavy atom. The van der Waals surface area contributed by atoms with E-state index in [4.69, 9.17) is 9.47 Å². The van der Waals surface area contributed by atoms with E-state index in [0.717, 1.165) is 59.4 Å². The Balaban J connectivity index is 1.19. The van der Waals surface area contributed by atoms with E-state index in [2.05, 4.69) is 57.7 Å². The predicted molar refractivity (Wildman–Crippen MR) is 166 cm³/mol. The number of aromatic nitrogens is 1. The third-order valence-corrected chi connectivity index (χ3v) is 8.32. The Morgan fingerprint density at radius 2 is 1.65 bits per heavy atom. The third-order valence-electron chi connectivity index (χ3n) is 8.32. The van der Waals surface area contributed by atoms with Gasteiger partial charge in [-0.1, -0.05) is 67.1 Å². The highest BCUT2D eigenvalue weighted by atomic mass is 16.7. The molecule has 0 aliphatic carbocycles. The number of likely N-dealkylation sites (tertiary alicyclic amines) is 1. The van der Waals surface area contributed by atoms with Gasteiger partial charge in [-0.05, 0) is 78.0 Å². The van der Waals surface area contributed by atoms with Crippen LogP contribution in [0.1, 0.15) is 70.7 Å². The maximum atomic E-state index is 12.5. The lowest BCUT2D eigenvalue weighted by molar-refractivity contribution is -0.253. The number of carbonyl (C=O) groups excluding carboxylic acids is 1. The van der Waals surface area contributed by atoms with Gasteiger partial charge in [-0.25, -0.2) is 0 Å². The van der Waals surface area contributed by atoms with Gasteiger partial charge in [0.1, 0.15) is 0 Å². The first-order chi connectivity index (χ1) is 21.1. The number of aliphatic hydroxyl groups excluding tert-OH is 1. The second kappa shape index (κ2) is 14.1. The van der Waals surface area contributed by atoms with Crippen LogP contribution in [0.5, 0.6) is 0 Å². The van der Waals surface area contributed by atoms with Crippen molar-refractivity contribution in [1.82, 2.24) is 15.2 Å². The van der Waals surface area contributed by atoms with Crippen molar-refractivity contribution in [2.24, 2.45) is 0 Å². The summed E-state index contributed by atoms with van der Waals surface area (Å²) in [6, 6.07) is 28.2. The number of pyridine rings is 1. The van der Waals surface area contributed by atoms with Crippen molar-refractivity contribution in [3.63, 3.8) is 0 Å². The average molecular weight is 578 g/mol. The number of amides is 1. The summed E-state index contributed by atoms with van der Waals surface area (Å²) in [5.41, 5.74) is 6.65. The Labute approximate surface area is 253 Å². The molecule has 43 heavy (non-hydrogen) atoms. The minimum Gasteiger partial charge on any atom is -0.392 e. The fourth-order valence-corrected chi connectivity index (χ4v) is 5.97. The molecular weight excluding hydrogens is 538 g/mol. The summed E-state index contributed by atoms with van der Waals surface area (Å²) < 4.78 is 13.3. The zero-order chi connectivity index (χ0) is 29.4. The quantitative estimate of drug-likeness (QED) is 0.246. The number of benzene rings is 3. The van der Waals surface area contributed by atoms with Gasteiger partial charge in [-0.3, -0.25) is 9.78 Å². The maximum absolute atomic E-state index is 12.5. The highest BCUT2D eigenvalue weighted by Gasteiger charge is 2.33. The van der Waals surface area contributed by atoms with E-state index in [9.17, 15) is 9.90 Å². The van der Waals surface area contributed by atoms with E-state index in [-0.39, 0.29) is 24.7 Å². The first-order valence-electron chi connectivity index (χ1n) is 15.2. The molecule has 2 saturated heterocycles. The Bertz CT molecular complexity index is 1490. The summed E-state index contributed by atoms with van der Waals surface area (Å²) in [7, 11) is 0. The van der Waals surface area contributed by atoms with E-state index in [1.165, 1.54) is 19.3 Å². The Hall–Kier alpha value is -3.88. The summed E-state index contributed by atoms with van der Waals surface area (Å²) >= 11 is 0. The summed E-state index contributed by atoms with van der Waals surface area (Å²) in [4.78, 5) is 19.1. The largest absolute Gasteiger partial charge is 0.392 e. The number of hydrogen-bond donors (Lipinski definition) is 2. The minimum absolute atomic E-state index is 0.0278. The summed E-state index contributed by atoms with van der Waals surface area (Å²) in [6.45, 7) is 3.59. The second-order valence-electron chi connectivity index (χ2n) is 11.5. The van der Waals surface area contributed by atoms with Crippen LogP contribution >= 0.6 is 0 Å². The number of carbonyl (C=O) groups is 1. The van der Waals surface area contributed by atoms with Crippen LogP contribution in [0.15, 0.2) is 97.3 Å². The topological polar surface area (TPSA) is 83.9 Å². The number of ether oxygens (including phenoxy) is 2. The van der Waals surface area contributed by atoms with E-state index in [1.807, 2.05) is 30.3 Å². The number of nitrogens with one attached hydrogen (secondary N) is 1. The molecule has 3 atom stereocenters. The first-order valence-corrected chi connectivity index (χ1v) is 15.2. The van der Waals surface area contributed by atoms with E-state index in [0.29, 0.717) is 12.1 Å². The molecule has 1 aromatic heterocycles. The predicted octanol–water partition coefficient (Wildman–Crippen LogP) is 6.20. The molecule has 2 aliphatic heterocycles. The van der Waals surface area contributed by atoms with Crippen molar-refractivity contribution in [1.29, 1.82) is 0 Å². The van der Waals surface area contributed by atoms with E-state index < -0.39 is 6.29 Å². The van der Waals surface area contributed by atoms with Crippen LogP contribution in [0.4, 0.5) is 0 Å². The molecular formula is C36H39N3O4. The maximum Gasteiger partial charge on any atom is 0.253 e. The summed E-state index contributed by atoms with van der Waals surface area (Å²) in [6.07, 6.45) is 7.26. The molecule has 2 aliphatic rings. The number of piperidine rings is 1. The number of aliphatic hydroxyl groups is 1. The molecule has 7 nitrogen and oxygen atoms in total. The third kappa shape index (κ3) is 7.56. The number of hydrogen-bond acceptors (Lipinski definition) is 6. The smallest absolute Gasteiger partial charge is 0.253 e. The van der Waals surface area contributed by atoms with Gasteiger partial charge in [0.15, 0.2) is 6.29 Å². The van der Waals surface area contributed by atoms with Crippen LogP contribution in [0.3, 0.4) is 0 Å². The average Bonchev–Trinajstić information content (AvgIpc) is 3.08. The van der Waals surface area contributed by atoms with Crippen LogP contribution < -0.4 is 5.32 Å². The molecule has 2 fully saturated rings. The van der Waals surface area contributed by atoms with E-state index >= 15 is 0 Å². The van der Waals surface area contributed by atoms with Crippen LogP contribution in [0.2, 0.25) is 0 Å². The molecule has 0 spiro atoms. The highest BCUT2D eigenvalue weighted by molar-refractivity contribution is 5.93. The molecule has 1 amide bonds. The van der Waals surface area contributed by atoms with Gasteiger partial charge in [-0.2, -0.15) is 0 Å². The molecule has 0 unspecified atom stereocenters. The van der Waals surface area contributed by atoms with Crippen molar-refractivity contribution >= 4 is 5.91 Å². The van der Waals surface area contributed by atoms with Crippen LogP contribution in [0, 0.1) is 0 Å². The lowest BCUT2D eigenvalue weighted by Gasteiger charge is -2.39. The lowest BCUT2D eigenvalue weighted by Crippen LogP contribution is -2.41. The molecule has 3 heterocycles. The van der Waals surface area contributed by atoms with Gasteiger partial charge in [0, 0.05) is 37.5 Å². The molecule has 0 radical (unpaired) electrons. The molecule has 7 heteroatoms.